The zero-order chi connectivity index (χ0) is 18.5. The van der Waals surface area contributed by atoms with E-state index in [9.17, 15) is 0 Å². The number of fused-ring (bicyclic) bond motifs is 6. The van der Waals surface area contributed by atoms with Crippen molar-refractivity contribution in [2.75, 3.05) is 0 Å². The Kier molecular flexibility index (Phi) is 4.17. The topological polar surface area (TPSA) is 0 Å². The second-order valence-electron chi connectivity index (χ2n) is 8.44. The molecule has 0 atom stereocenters. The minimum Gasteiger partial charge on any atom is -0.143 e. The Bertz CT molecular complexity index is 1300. The average Bonchev–Trinajstić information content (AvgIpc) is 3.46. The Hall–Kier alpha value is -1.90. The summed E-state index contributed by atoms with van der Waals surface area (Å²) in [5.41, 5.74) is 0. The third kappa shape index (κ3) is 2.86. The van der Waals surface area contributed by atoms with Crippen LogP contribution < -0.4 is 0 Å². The van der Waals surface area contributed by atoms with Gasteiger partial charge in [-0.05, 0) is 69.9 Å². The van der Waals surface area contributed by atoms with Crippen LogP contribution in [0.4, 0.5) is 0 Å². The van der Waals surface area contributed by atoms with Gasteiger partial charge in [-0.25, -0.2) is 0 Å². The fourth-order valence-electron chi connectivity index (χ4n) is 5.11. The fraction of sp³-hybridized carbons (Fsp3) is 0.308. The van der Waals surface area contributed by atoms with E-state index in [4.69, 9.17) is 0 Å². The van der Waals surface area contributed by atoms with Crippen LogP contribution in [0.1, 0.15) is 43.4 Å². The van der Waals surface area contributed by atoms with Gasteiger partial charge < -0.3 is 0 Å². The highest BCUT2D eigenvalue weighted by Crippen LogP contribution is 2.38. The van der Waals surface area contributed by atoms with Gasteiger partial charge in [0, 0.05) is 25.0 Å². The van der Waals surface area contributed by atoms with Gasteiger partial charge in [-0.1, -0.05) is 56.4 Å². The summed E-state index contributed by atoms with van der Waals surface area (Å²) in [6.07, 6.45) is 9.91. The van der Waals surface area contributed by atoms with E-state index in [1.807, 2.05) is 22.7 Å². The quantitative estimate of drug-likeness (QED) is 0.264. The van der Waals surface area contributed by atoms with Crippen LogP contribution in [0.3, 0.4) is 0 Å². The van der Waals surface area contributed by atoms with Gasteiger partial charge in [0.2, 0.25) is 0 Å². The molecule has 0 N–H and O–H groups in total. The summed E-state index contributed by atoms with van der Waals surface area (Å²) in [6.45, 7) is 0. The molecule has 2 heterocycles. The van der Waals surface area contributed by atoms with Crippen molar-refractivity contribution in [2.24, 2.45) is 5.92 Å². The van der Waals surface area contributed by atoms with Crippen LogP contribution in [0.15, 0.2) is 53.9 Å². The summed E-state index contributed by atoms with van der Waals surface area (Å²) in [5.74, 6) is 1.01. The molecule has 0 spiro atoms. The minimum absolute atomic E-state index is 1.01. The molecule has 1 aliphatic carbocycles. The zero-order valence-corrected chi connectivity index (χ0v) is 17.7. The summed E-state index contributed by atoms with van der Waals surface area (Å²) in [7, 11) is 0. The second-order valence-corrected chi connectivity index (χ2v) is 10.5. The van der Waals surface area contributed by atoms with E-state index in [0.29, 0.717) is 0 Å². The minimum atomic E-state index is 1.01. The predicted molar refractivity (Wildman–Crippen MR) is 127 cm³/mol. The highest BCUT2D eigenvalue weighted by Gasteiger charge is 2.15. The van der Waals surface area contributed by atoms with E-state index in [1.165, 1.54) is 86.7 Å². The summed E-state index contributed by atoms with van der Waals surface area (Å²) in [5, 5.41) is 10.5. The summed E-state index contributed by atoms with van der Waals surface area (Å²) < 4.78 is 2.89. The molecule has 0 saturated heterocycles. The van der Waals surface area contributed by atoms with Crippen molar-refractivity contribution in [3.05, 3.63) is 58.8 Å². The van der Waals surface area contributed by atoms with Crippen molar-refractivity contribution in [3.63, 3.8) is 0 Å². The van der Waals surface area contributed by atoms with E-state index in [0.717, 1.165) is 5.92 Å². The van der Waals surface area contributed by atoms with Gasteiger partial charge in [0.1, 0.15) is 0 Å². The van der Waals surface area contributed by atoms with Crippen LogP contribution in [0.25, 0.3) is 41.7 Å². The highest BCUT2D eigenvalue weighted by atomic mass is 32.1. The first kappa shape index (κ1) is 17.0. The van der Waals surface area contributed by atoms with Crippen LogP contribution in [0, 0.1) is 5.92 Å². The van der Waals surface area contributed by atoms with E-state index >= 15 is 0 Å². The van der Waals surface area contributed by atoms with E-state index < -0.39 is 0 Å². The normalized spacial score (nSPS) is 15.6. The molecule has 0 nitrogen and oxygen atoms in total. The lowest BCUT2D eigenvalue weighted by molar-refractivity contribution is 0.485. The van der Waals surface area contributed by atoms with Gasteiger partial charge in [0.05, 0.1) is 0 Å². The molecule has 2 aromatic heterocycles. The van der Waals surface area contributed by atoms with E-state index in [-0.39, 0.29) is 0 Å². The molecule has 0 unspecified atom stereocenters. The Balaban J connectivity index is 1.39. The molecule has 0 aliphatic heterocycles. The van der Waals surface area contributed by atoms with E-state index in [2.05, 4.69) is 53.9 Å². The molecule has 0 amide bonds. The van der Waals surface area contributed by atoms with Crippen molar-refractivity contribution in [1.82, 2.24) is 0 Å². The van der Waals surface area contributed by atoms with Crippen molar-refractivity contribution < 1.29 is 0 Å². The molecule has 1 fully saturated rings. The Labute approximate surface area is 173 Å². The third-order valence-corrected chi connectivity index (χ3v) is 8.82. The number of hydrogen-bond acceptors (Lipinski definition) is 2. The maximum atomic E-state index is 2.45. The molecule has 3 aromatic carbocycles. The SMILES string of the molecule is c1cc2ccc3cc4c(ccc5cc(CCCC6CCCC6)sc54)cc3c2s1. The number of rotatable bonds is 4. The second kappa shape index (κ2) is 6.86. The first-order chi connectivity index (χ1) is 13.8. The van der Waals surface area contributed by atoms with Gasteiger partial charge in [0.15, 0.2) is 0 Å². The number of aryl methyl sites for hydroxylation is 1. The van der Waals surface area contributed by atoms with Crippen LogP contribution >= 0.6 is 22.7 Å². The van der Waals surface area contributed by atoms with Gasteiger partial charge >= 0.3 is 0 Å². The van der Waals surface area contributed by atoms with Gasteiger partial charge in [-0.2, -0.15) is 0 Å². The average molecular weight is 401 g/mol. The van der Waals surface area contributed by atoms with Crippen molar-refractivity contribution in [2.45, 2.75) is 44.9 Å². The molecule has 0 bridgehead atoms. The largest absolute Gasteiger partial charge is 0.143 e. The fourth-order valence-corrected chi connectivity index (χ4v) is 7.26. The first-order valence-corrected chi connectivity index (χ1v) is 12.3. The Morgan fingerprint density at radius 3 is 2.29 bits per heavy atom. The van der Waals surface area contributed by atoms with Crippen molar-refractivity contribution >= 4 is 64.4 Å². The van der Waals surface area contributed by atoms with Crippen LogP contribution in [0.5, 0.6) is 0 Å². The van der Waals surface area contributed by atoms with Gasteiger partial charge in [-0.3, -0.25) is 0 Å². The highest BCUT2D eigenvalue weighted by molar-refractivity contribution is 7.20. The molecule has 5 aromatic rings. The molecule has 28 heavy (non-hydrogen) atoms. The lowest BCUT2D eigenvalue weighted by atomic mass is 10.00. The molecule has 1 saturated carbocycles. The maximum absolute atomic E-state index is 2.45. The van der Waals surface area contributed by atoms with Gasteiger partial charge in [-0.15, -0.1) is 22.7 Å². The number of hydrogen-bond donors (Lipinski definition) is 0. The lowest BCUT2D eigenvalue weighted by Crippen LogP contribution is -1.93. The standard InChI is InChI=1S/C26H24S2/c1-2-5-17(4-1)6-3-7-22-14-21-11-10-20-15-23-19(16-24(20)26(21)28-22)9-8-18-12-13-27-25(18)23/h8-17H,1-7H2. The van der Waals surface area contributed by atoms with Crippen LogP contribution in [-0.4, -0.2) is 0 Å². The molecular formula is C26H24S2. The number of thiophene rings is 2. The van der Waals surface area contributed by atoms with Crippen LogP contribution in [-0.2, 0) is 6.42 Å². The van der Waals surface area contributed by atoms with E-state index in [1.54, 1.807) is 4.88 Å². The lowest BCUT2D eigenvalue weighted by Gasteiger charge is -2.06. The number of benzene rings is 3. The van der Waals surface area contributed by atoms with Crippen molar-refractivity contribution in [3.8, 4) is 0 Å². The summed E-state index contributed by atoms with van der Waals surface area (Å²) >= 11 is 3.88. The summed E-state index contributed by atoms with van der Waals surface area (Å²) in [6, 6.07) is 18.7. The molecule has 6 rings (SSSR count). The van der Waals surface area contributed by atoms with Gasteiger partial charge in [0.25, 0.3) is 0 Å². The zero-order valence-electron chi connectivity index (χ0n) is 16.0. The molecule has 140 valence electrons. The monoisotopic (exact) mass is 400 g/mol. The molecule has 1 aliphatic rings. The maximum Gasteiger partial charge on any atom is 0.0424 e. The Morgan fingerprint density at radius 2 is 1.46 bits per heavy atom. The molecular weight excluding hydrogens is 376 g/mol. The third-order valence-electron chi connectivity index (χ3n) is 6.61. The molecule has 0 radical (unpaired) electrons. The smallest absolute Gasteiger partial charge is 0.0424 e. The first-order valence-electron chi connectivity index (χ1n) is 10.6. The molecule has 2 heteroatoms. The van der Waals surface area contributed by atoms with Crippen molar-refractivity contribution in [1.29, 1.82) is 0 Å². The Morgan fingerprint density at radius 1 is 0.750 bits per heavy atom. The van der Waals surface area contributed by atoms with Crippen LogP contribution in [0.2, 0.25) is 0 Å². The summed E-state index contributed by atoms with van der Waals surface area (Å²) in [4.78, 5) is 1.56. The predicted octanol–water partition coefficient (Wildman–Crippen LogP) is 8.94.